The van der Waals surface area contributed by atoms with Gasteiger partial charge in [0.25, 0.3) is 0 Å². The molecule has 0 bridgehead atoms. The molecule has 0 saturated heterocycles. The molecule has 0 radical (unpaired) electrons. The lowest BCUT2D eigenvalue weighted by atomic mass is 9.91. The zero-order valence-corrected chi connectivity index (χ0v) is 33.7. The lowest BCUT2D eigenvalue weighted by Gasteiger charge is -2.37. The molecule has 60 heavy (non-hydrogen) atoms. The van der Waals surface area contributed by atoms with Crippen LogP contribution < -0.4 is 19.5 Å². The van der Waals surface area contributed by atoms with Crippen LogP contribution in [0.5, 0.6) is 23.0 Å². The summed E-state index contributed by atoms with van der Waals surface area (Å²) < 4.78 is 18.7. The Balaban J connectivity index is 0.968. The molecule has 10 nitrogen and oxygen atoms in total. The number of aliphatic carboxylic acids is 1. The average molecular weight is 841 g/mol. The van der Waals surface area contributed by atoms with Crippen molar-refractivity contribution in [3.63, 3.8) is 0 Å². The van der Waals surface area contributed by atoms with Crippen molar-refractivity contribution in [3.8, 4) is 40.2 Å². The average Bonchev–Trinajstić information content (AvgIpc) is 3.26. The Morgan fingerprint density at radius 1 is 0.850 bits per heavy atom. The molecule has 0 aliphatic carbocycles. The lowest BCUT2D eigenvalue weighted by molar-refractivity contribution is -0.142. The Morgan fingerprint density at radius 3 is 2.25 bits per heavy atom. The maximum Gasteiger partial charge on any atom is 0.326 e. The van der Waals surface area contributed by atoms with Gasteiger partial charge in [0.1, 0.15) is 30.8 Å². The van der Waals surface area contributed by atoms with Crippen molar-refractivity contribution in [1.29, 1.82) is 5.26 Å². The molecule has 0 fully saturated rings. The fraction of sp³-hybridized carbons (Fsp3) is 0.188. The van der Waals surface area contributed by atoms with Crippen molar-refractivity contribution in [2.75, 3.05) is 6.61 Å². The minimum absolute atomic E-state index is 0.0752. The second kappa shape index (κ2) is 17.8. The number of carbonyl (C=O) groups is 2. The van der Waals surface area contributed by atoms with E-state index in [1.165, 1.54) is 0 Å². The predicted molar refractivity (Wildman–Crippen MR) is 227 cm³/mol. The molecule has 12 heteroatoms. The second-order valence-corrected chi connectivity index (χ2v) is 15.6. The van der Waals surface area contributed by atoms with Gasteiger partial charge in [-0.05, 0) is 100.0 Å². The second-order valence-electron chi connectivity index (χ2n) is 14.8. The number of amides is 1. The number of nitrogens with one attached hydrogen (secondary N) is 1. The standard InChI is InChI=1S/C48H39Cl2N3O7/c49-39-18-9-31(19-40(39)50)27-58-38-16-14-34(15-17-38)46-28-59-44-22-36-21-42(53(26-37(36)23-45(44)60-46)25-35-3-1-2-4-43(35)54)47(55)52-41(48(56)57)20-29-5-10-32(11-6-29)33-12-7-30(24-51)8-13-33/h1-19,22-23,41-42,46,54H,20-21,25-28H2,(H,52,55)(H,56,57)/t41-,42?,46+/m0/s1. The van der Waals surface area contributed by atoms with Gasteiger partial charge in [0.2, 0.25) is 5.91 Å². The zero-order valence-electron chi connectivity index (χ0n) is 32.2. The quantitative estimate of drug-likeness (QED) is 0.110. The number of rotatable bonds is 12. The normalized spacial score (nSPS) is 16.2. The zero-order chi connectivity index (χ0) is 41.8. The first-order valence-electron chi connectivity index (χ1n) is 19.4. The third-order valence-corrected chi connectivity index (χ3v) is 11.6. The van der Waals surface area contributed by atoms with Gasteiger partial charge in [-0.2, -0.15) is 5.26 Å². The molecule has 6 aromatic rings. The fourth-order valence-corrected chi connectivity index (χ4v) is 7.83. The Labute approximate surface area is 357 Å². The number of para-hydroxylation sites is 1. The summed E-state index contributed by atoms with van der Waals surface area (Å²) in [4.78, 5) is 28.7. The van der Waals surface area contributed by atoms with E-state index >= 15 is 0 Å². The maximum atomic E-state index is 14.2. The molecule has 2 aliphatic rings. The van der Waals surface area contributed by atoms with Crippen molar-refractivity contribution in [2.24, 2.45) is 0 Å². The first kappa shape index (κ1) is 40.3. The monoisotopic (exact) mass is 839 g/mol. The Kier molecular flexibility index (Phi) is 11.9. The van der Waals surface area contributed by atoms with Crippen molar-refractivity contribution < 1.29 is 34.0 Å². The van der Waals surface area contributed by atoms with E-state index in [9.17, 15) is 19.8 Å². The Hall–Kier alpha value is -6.51. The van der Waals surface area contributed by atoms with Crippen LogP contribution in [0.1, 0.15) is 45.0 Å². The van der Waals surface area contributed by atoms with Crippen LogP contribution in [-0.2, 0) is 42.1 Å². The van der Waals surface area contributed by atoms with Crippen molar-refractivity contribution in [1.82, 2.24) is 10.2 Å². The van der Waals surface area contributed by atoms with E-state index in [1.807, 2.05) is 89.8 Å². The van der Waals surface area contributed by atoms with Crippen LogP contribution in [0.4, 0.5) is 0 Å². The van der Waals surface area contributed by atoms with Gasteiger partial charge in [0, 0.05) is 25.1 Å². The van der Waals surface area contributed by atoms with Gasteiger partial charge in [-0.15, -0.1) is 0 Å². The van der Waals surface area contributed by atoms with Crippen molar-refractivity contribution in [3.05, 3.63) is 176 Å². The van der Waals surface area contributed by atoms with E-state index in [4.69, 9.17) is 42.7 Å². The molecule has 0 spiro atoms. The number of hydrogen-bond acceptors (Lipinski definition) is 8. The summed E-state index contributed by atoms with van der Waals surface area (Å²) in [6.45, 7) is 1.18. The third kappa shape index (κ3) is 9.19. The SMILES string of the molecule is N#Cc1ccc(-c2ccc(C[C@H](NC(=O)C3Cc4cc5c(cc4CN3Cc3ccccc3O)O[C@@H](c3ccc(OCc4ccc(Cl)c(Cl)c4)cc3)CO5)C(=O)O)cc2)cc1. The lowest BCUT2D eigenvalue weighted by Crippen LogP contribution is -2.54. The summed E-state index contributed by atoms with van der Waals surface area (Å²) in [5.41, 5.74) is 7.42. The van der Waals surface area contributed by atoms with Crippen LogP contribution in [0.3, 0.4) is 0 Å². The molecule has 3 N–H and O–H groups in total. The summed E-state index contributed by atoms with van der Waals surface area (Å²) in [5.74, 6) is 0.341. The van der Waals surface area contributed by atoms with E-state index in [-0.39, 0.29) is 37.8 Å². The highest BCUT2D eigenvalue weighted by molar-refractivity contribution is 6.42. The van der Waals surface area contributed by atoms with Crippen LogP contribution in [-0.4, -0.2) is 45.7 Å². The van der Waals surface area contributed by atoms with Gasteiger partial charge >= 0.3 is 5.97 Å². The van der Waals surface area contributed by atoms with Gasteiger partial charge in [0.15, 0.2) is 17.6 Å². The highest BCUT2D eigenvalue weighted by Crippen LogP contribution is 2.41. The number of nitrogens with zero attached hydrogens (tertiary/aromatic N) is 2. The van der Waals surface area contributed by atoms with E-state index in [0.29, 0.717) is 51.6 Å². The fourth-order valence-electron chi connectivity index (χ4n) is 7.51. The molecular formula is C48H39Cl2N3O7. The summed E-state index contributed by atoms with van der Waals surface area (Å²) >= 11 is 12.2. The number of fused-ring (bicyclic) bond motifs is 2. The van der Waals surface area contributed by atoms with E-state index in [0.717, 1.165) is 38.9 Å². The summed E-state index contributed by atoms with van der Waals surface area (Å²) in [7, 11) is 0. The number of phenolic OH excluding ortho intramolecular Hbond substituents is 1. The number of aromatic hydroxyl groups is 1. The van der Waals surface area contributed by atoms with Gasteiger partial charge in [-0.1, -0.05) is 96.0 Å². The molecule has 2 aliphatic heterocycles. The highest BCUT2D eigenvalue weighted by Gasteiger charge is 2.36. The largest absolute Gasteiger partial charge is 0.508 e. The van der Waals surface area contributed by atoms with Gasteiger partial charge < -0.3 is 29.7 Å². The number of hydrogen-bond donors (Lipinski definition) is 3. The van der Waals surface area contributed by atoms with Crippen LogP contribution >= 0.6 is 23.2 Å². The number of benzene rings is 6. The van der Waals surface area contributed by atoms with Gasteiger partial charge in [-0.3, -0.25) is 9.69 Å². The number of carboxylic acid groups (broad SMARTS) is 1. The van der Waals surface area contributed by atoms with Crippen LogP contribution in [0, 0.1) is 11.3 Å². The molecule has 1 amide bonds. The number of carboxylic acids is 1. The Morgan fingerprint density at radius 2 is 1.55 bits per heavy atom. The number of ether oxygens (including phenoxy) is 3. The number of halogens is 2. The first-order chi connectivity index (χ1) is 29.1. The van der Waals surface area contributed by atoms with E-state index in [2.05, 4.69) is 11.4 Å². The number of nitriles is 1. The molecule has 0 aromatic heterocycles. The predicted octanol–water partition coefficient (Wildman–Crippen LogP) is 9.07. The molecule has 1 unspecified atom stereocenters. The maximum absolute atomic E-state index is 14.2. The van der Waals surface area contributed by atoms with Gasteiger partial charge in [-0.25, -0.2) is 4.79 Å². The van der Waals surface area contributed by atoms with Crippen LogP contribution in [0.15, 0.2) is 127 Å². The summed E-state index contributed by atoms with van der Waals surface area (Å²) in [5, 5.41) is 33.9. The molecule has 6 aromatic carbocycles. The van der Waals surface area contributed by atoms with Gasteiger partial charge in [0.05, 0.1) is 27.7 Å². The molecule has 0 saturated carbocycles. The molecule has 3 atom stereocenters. The van der Waals surface area contributed by atoms with Crippen molar-refractivity contribution in [2.45, 2.75) is 50.7 Å². The first-order valence-corrected chi connectivity index (χ1v) is 20.1. The minimum atomic E-state index is -1.19. The highest BCUT2D eigenvalue weighted by atomic mass is 35.5. The topological polar surface area (TPSA) is 141 Å². The molecule has 8 rings (SSSR count). The van der Waals surface area contributed by atoms with Crippen molar-refractivity contribution >= 4 is 35.1 Å². The smallest absolute Gasteiger partial charge is 0.326 e. The van der Waals surface area contributed by atoms with Crippen LogP contribution in [0.2, 0.25) is 10.0 Å². The Bertz CT molecular complexity index is 2580. The van der Waals surface area contributed by atoms with Crippen LogP contribution in [0.25, 0.3) is 11.1 Å². The summed E-state index contributed by atoms with van der Waals surface area (Å²) in [6.07, 6.45) is -0.0185. The third-order valence-electron chi connectivity index (χ3n) is 10.8. The van der Waals surface area contributed by atoms with E-state index in [1.54, 1.807) is 42.5 Å². The molecular weight excluding hydrogens is 801 g/mol. The number of phenols is 1. The minimum Gasteiger partial charge on any atom is -0.508 e. The summed E-state index contributed by atoms with van der Waals surface area (Å²) in [6, 6.07) is 38.7. The molecule has 2 heterocycles. The molecule has 302 valence electrons. The van der Waals surface area contributed by atoms with E-state index < -0.39 is 24.0 Å². The number of carbonyl (C=O) groups excluding carboxylic acids is 1.